The molecule has 0 amide bonds. The zero-order valence-corrected chi connectivity index (χ0v) is 16.8. The van der Waals surface area contributed by atoms with E-state index in [1.54, 1.807) is 21.3 Å². The minimum Gasteiger partial charge on any atom is -0.493 e. The number of methoxy groups -OCH3 is 3. The summed E-state index contributed by atoms with van der Waals surface area (Å²) in [6, 6.07) is 3.78. The maximum Gasteiger partial charge on any atom is 0.203 e. The fourth-order valence-corrected chi connectivity index (χ4v) is 2.51. The number of nitrogens with zero attached hydrogens (tertiary/aromatic N) is 4. The summed E-state index contributed by atoms with van der Waals surface area (Å²) >= 11 is 0. The number of hydrogen-bond donors (Lipinski definition) is 2. The van der Waals surface area contributed by atoms with Gasteiger partial charge in [0.1, 0.15) is 5.82 Å². The zero-order chi connectivity index (χ0) is 19.8. The molecule has 0 aliphatic rings. The second kappa shape index (κ2) is 9.65. The van der Waals surface area contributed by atoms with Crippen LogP contribution in [0.3, 0.4) is 0 Å². The number of rotatable bonds is 8. The summed E-state index contributed by atoms with van der Waals surface area (Å²) < 4.78 is 18.1. The standard InChI is InChI=1S/C18H28N6O3/c1-7-19-18(21-11-16-23-22-12(2)24(16)3)20-10-13-8-14(25-4)17(27-6)15(9-13)26-5/h8-9H,7,10-11H2,1-6H3,(H2,19,20,21). The summed E-state index contributed by atoms with van der Waals surface area (Å²) in [7, 11) is 6.71. The fraction of sp³-hybridized carbons (Fsp3) is 0.500. The Bertz CT molecular complexity index is 762. The van der Waals surface area contributed by atoms with Gasteiger partial charge in [0, 0.05) is 13.6 Å². The molecule has 148 valence electrons. The quantitative estimate of drug-likeness (QED) is 0.531. The molecule has 0 radical (unpaired) electrons. The predicted octanol–water partition coefficient (Wildman–Crippen LogP) is 1.40. The second-order valence-electron chi connectivity index (χ2n) is 5.80. The third-order valence-electron chi connectivity index (χ3n) is 4.09. The van der Waals surface area contributed by atoms with Crippen LogP contribution in [0.25, 0.3) is 0 Å². The average Bonchev–Trinajstić information content (AvgIpc) is 3.01. The molecule has 1 heterocycles. The summed E-state index contributed by atoms with van der Waals surface area (Å²) in [5.41, 5.74) is 0.941. The average molecular weight is 376 g/mol. The van der Waals surface area contributed by atoms with Crippen LogP contribution in [-0.4, -0.2) is 48.6 Å². The van der Waals surface area contributed by atoms with E-state index in [1.807, 2.05) is 37.6 Å². The molecular weight excluding hydrogens is 348 g/mol. The molecular formula is C18H28N6O3. The van der Waals surface area contributed by atoms with E-state index >= 15 is 0 Å². The van der Waals surface area contributed by atoms with Crippen LogP contribution in [0.15, 0.2) is 17.1 Å². The van der Waals surface area contributed by atoms with E-state index in [0.717, 1.165) is 23.8 Å². The first kappa shape index (κ1) is 20.3. The molecule has 0 unspecified atom stereocenters. The molecule has 0 bridgehead atoms. The van der Waals surface area contributed by atoms with E-state index in [9.17, 15) is 0 Å². The predicted molar refractivity (Wildman–Crippen MR) is 103 cm³/mol. The summed E-state index contributed by atoms with van der Waals surface area (Å²) in [4.78, 5) is 4.63. The van der Waals surface area contributed by atoms with Crippen molar-refractivity contribution in [1.82, 2.24) is 25.4 Å². The highest BCUT2D eigenvalue weighted by atomic mass is 16.5. The Morgan fingerprint density at radius 1 is 1.07 bits per heavy atom. The van der Waals surface area contributed by atoms with Crippen molar-refractivity contribution in [2.24, 2.45) is 12.0 Å². The molecule has 0 aliphatic carbocycles. The van der Waals surface area contributed by atoms with Crippen molar-refractivity contribution in [3.05, 3.63) is 29.3 Å². The lowest BCUT2D eigenvalue weighted by atomic mass is 10.2. The Kier molecular flexibility index (Phi) is 7.27. The van der Waals surface area contributed by atoms with E-state index in [2.05, 4.69) is 25.8 Å². The highest BCUT2D eigenvalue weighted by Gasteiger charge is 2.13. The van der Waals surface area contributed by atoms with Crippen LogP contribution in [0.2, 0.25) is 0 Å². The Morgan fingerprint density at radius 3 is 2.22 bits per heavy atom. The van der Waals surface area contributed by atoms with Gasteiger partial charge in [0.05, 0.1) is 34.4 Å². The van der Waals surface area contributed by atoms with Crippen LogP contribution in [-0.2, 0) is 20.1 Å². The van der Waals surface area contributed by atoms with Crippen LogP contribution < -0.4 is 24.8 Å². The van der Waals surface area contributed by atoms with Gasteiger partial charge in [-0.15, -0.1) is 10.2 Å². The first-order chi connectivity index (χ1) is 13.0. The lowest BCUT2D eigenvalue weighted by molar-refractivity contribution is 0.324. The van der Waals surface area contributed by atoms with E-state index in [0.29, 0.717) is 36.3 Å². The molecule has 2 aromatic rings. The monoisotopic (exact) mass is 376 g/mol. The zero-order valence-electron chi connectivity index (χ0n) is 16.8. The number of aryl methyl sites for hydroxylation is 1. The van der Waals surface area contributed by atoms with E-state index in [4.69, 9.17) is 14.2 Å². The number of nitrogens with one attached hydrogen (secondary N) is 2. The molecule has 0 atom stereocenters. The number of aliphatic imine (C=N–C) groups is 1. The lowest BCUT2D eigenvalue weighted by Crippen LogP contribution is -2.37. The largest absolute Gasteiger partial charge is 0.493 e. The van der Waals surface area contributed by atoms with Crippen molar-refractivity contribution < 1.29 is 14.2 Å². The molecule has 0 aliphatic heterocycles. The lowest BCUT2D eigenvalue weighted by Gasteiger charge is -2.14. The number of aromatic nitrogens is 3. The summed E-state index contributed by atoms with van der Waals surface area (Å²) in [6.45, 7) is 5.66. The minimum absolute atomic E-state index is 0.448. The highest BCUT2D eigenvalue weighted by molar-refractivity contribution is 5.79. The summed E-state index contributed by atoms with van der Waals surface area (Å²) in [5.74, 6) is 4.17. The molecule has 9 nitrogen and oxygen atoms in total. The van der Waals surface area contributed by atoms with Gasteiger partial charge in [-0.3, -0.25) is 0 Å². The molecule has 0 saturated heterocycles. The maximum atomic E-state index is 5.39. The number of ether oxygens (including phenoxy) is 3. The van der Waals surface area contributed by atoms with Gasteiger partial charge in [-0.05, 0) is 31.5 Å². The number of hydrogen-bond acceptors (Lipinski definition) is 6. The van der Waals surface area contributed by atoms with Crippen molar-refractivity contribution in [3.63, 3.8) is 0 Å². The van der Waals surface area contributed by atoms with E-state index in [-0.39, 0.29) is 0 Å². The molecule has 1 aromatic carbocycles. The third-order valence-corrected chi connectivity index (χ3v) is 4.09. The number of guanidine groups is 1. The summed E-state index contributed by atoms with van der Waals surface area (Å²) in [6.07, 6.45) is 0. The molecule has 2 N–H and O–H groups in total. The van der Waals surface area contributed by atoms with Gasteiger partial charge in [0.15, 0.2) is 23.3 Å². The maximum absolute atomic E-state index is 5.39. The SMILES string of the molecule is CCNC(=NCc1cc(OC)c(OC)c(OC)c1)NCc1nnc(C)n1C. The van der Waals surface area contributed by atoms with Crippen LogP contribution >= 0.6 is 0 Å². The van der Waals surface area contributed by atoms with Crippen molar-refractivity contribution in [1.29, 1.82) is 0 Å². The van der Waals surface area contributed by atoms with Gasteiger partial charge >= 0.3 is 0 Å². The Hall–Kier alpha value is -2.97. The van der Waals surface area contributed by atoms with Gasteiger partial charge < -0.3 is 29.4 Å². The first-order valence-electron chi connectivity index (χ1n) is 8.69. The normalized spacial score (nSPS) is 11.3. The van der Waals surface area contributed by atoms with E-state index in [1.165, 1.54) is 0 Å². The van der Waals surface area contributed by atoms with Gasteiger partial charge in [-0.25, -0.2) is 4.99 Å². The van der Waals surface area contributed by atoms with Crippen molar-refractivity contribution in [2.45, 2.75) is 26.9 Å². The van der Waals surface area contributed by atoms with Gasteiger partial charge in [0.25, 0.3) is 0 Å². The van der Waals surface area contributed by atoms with Gasteiger partial charge in [0.2, 0.25) is 5.75 Å². The Morgan fingerprint density at radius 2 is 1.74 bits per heavy atom. The molecule has 9 heteroatoms. The van der Waals surface area contributed by atoms with Crippen LogP contribution in [0.4, 0.5) is 0 Å². The molecule has 0 saturated carbocycles. The van der Waals surface area contributed by atoms with Crippen LogP contribution in [0.1, 0.15) is 24.1 Å². The molecule has 2 rings (SSSR count). The number of benzene rings is 1. The minimum atomic E-state index is 0.448. The molecule has 0 spiro atoms. The van der Waals surface area contributed by atoms with Crippen LogP contribution in [0, 0.1) is 6.92 Å². The first-order valence-corrected chi connectivity index (χ1v) is 8.69. The van der Waals surface area contributed by atoms with Crippen molar-refractivity contribution >= 4 is 5.96 Å². The molecule has 1 aromatic heterocycles. The smallest absolute Gasteiger partial charge is 0.203 e. The Labute approximate surface area is 159 Å². The van der Waals surface area contributed by atoms with Gasteiger partial charge in [-0.1, -0.05) is 0 Å². The topological polar surface area (TPSA) is 94.8 Å². The highest BCUT2D eigenvalue weighted by Crippen LogP contribution is 2.38. The third kappa shape index (κ3) is 5.02. The molecule has 0 fully saturated rings. The van der Waals surface area contributed by atoms with Crippen LogP contribution in [0.5, 0.6) is 17.2 Å². The van der Waals surface area contributed by atoms with Gasteiger partial charge in [-0.2, -0.15) is 0 Å². The fourth-order valence-electron chi connectivity index (χ4n) is 2.51. The summed E-state index contributed by atoms with van der Waals surface area (Å²) in [5, 5.41) is 14.7. The van der Waals surface area contributed by atoms with E-state index < -0.39 is 0 Å². The van der Waals surface area contributed by atoms with Crippen molar-refractivity contribution in [3.8, 4) is 17.2 Å². The Balaban J connectivity index is 2.15. The molecule has 27 heavy (non-hydrogen) atoms. The second-order valence-corrected chi connectivity index (χ2v) is 5.80. The van der Waals surface area contributed by atoms with Crippen molar-refractivity contribution in [2.75, 3.05) is 27.9 Å².